The topological polar surface area (TPSA) is 29.5 Å². The minimum atomic E-state index is -0.484. The van der Waals surface area contributed by atoms with Crippen molar-refractivity contribution >= 4 is 11.6 Å². The van der Waals surface area contributed by atoms with Crippen LogP contribution in [0.4, 0.5) is 5.69 Å². The highest BCUT2D eigenvalue weighted by molar-refractivity contribution is 6.04. The summed E-state index contributed by atoms with van der Waals surface area (Å²) in [6, 6.07) is 14.9. The lowest BCUT2D eigenvalue weighted by Crippen LogP contribution is -2.69. The second-order valence-electron chi connectivity index (χ2n) is 8.40. The molecular weight excluding hydrogens is 310 g/mol. The lowest BCUT2D eigenvalue weighted by atomic mass is 9.67. The second-order valence-corrected chi connectivity index (χ2v) is 8.40. The first-order chi connectivity index (χ1) is 11.9. The van der Waals surface area contributed by atoms with Crippen LogP contribution >= 0.6 is 0 Å². The van der Waals surface area contributed by atoms with Crippen LogP contribution in [0.5, 0.6) is 0 Å². The number of carbonyl (C=O) groups is 1. The molecule has 2 aromatic carbocycles. The second kappa shape index (κ2) is 4.53. The zero-order valence-electron chi connectivity index (χ0n) is 15.2. The molecule has 0 saturated carbocycles. The fourth-order valence-corrected chi connectivity index (χ4v) is 5.24. The Morgan fingerprint density at radius 3 is 2.56 bits per heavy atom. The molecule has 0 aromatic heterocycles. The smallest absolute Gasteiger partial charge is 0.235 e. The molecule has 3 aliphatic heterocycles. The summed E-state index contributed by atoms with van der Waals surface area (Å²) in [5, 5.41) is 0. The SMILES string of the molecule is Cc1cc(C)c2c(c1)CC1(c3ccccc3)OC3C1N2C(=O)C3(C)C. The van der Waals surface area contributed by atoms with Crippen molar-refractivity contribution < 1.29 is 9.53 Å². The predicted molar refractivity (Wildman–Crippen MR) is 97.7 cm³/mol. The molecule has 2 saturated heterocycles. The molecule has 0 N–H and O–H groups in total. The van der Waals surface area contributed by atoms with Crippen molar-refractivity contribution in [3.63, 3.8) is 0 Å². The Hall–Kier alpha value is -2.13. The van der Waals surface area contributed by atoms with E-state index in [1.54, 1.807) is 0 Å². The molecule has 1 amide bonds. The van der Waals surface area contributed by atoms with Crippen LogP contribution in [-0.4, -0.2) is 18.1 Å². The molecule has 0 radical (unpaired) electrons. The number of hydrogen-bond donors (Lipinski definition) is 0. The van der Waals surface area contributed by atoms with Gasteiger partial charge < -0.3 is 9.64 Å². The van der Waals surface area contributed by atoms with Crippen LogP contribution in [0.15, 0.2) is 42.5 Å². The lowest BCUT2D eigenvalue weighted by molar-refractivity contribution is -0.246. The van der Waals surface area contributed by atoms with E-state index >= 15 is 0 Å². The van der Waals surface area contributed by atoms with E-state index in [4.69, 9.17) is 4.74 Å². The van der Waals surface area contributed by atoms with E-state index in [1.165, 1.54) is 22.3 Å². The Balaban J connectivity index is 1.78. The summed E-state index contributed by atoms with van der Waals surface area (Å²) in [6.07, 6.45) is 0.782. The van der Waals surface area contributed by atoms with Crippen LogP contribution in [0.25, 0.3) is 0 Å². The summed E-state index contributed by atoms with van der Waals surface area (Å²) in [7, 11) is 0. The minimum absolute atomic E-state index is 0.0472. The number of rotatable bonds is 1. The first kappa shape index (κ1) is 15.2. The third kappa shape index (κ3) is 1.67. The normalized spacial score (nSPS) is 31.4. The summed E-state index contributed by atoms with van der Waals surface area (Å²) in [6.45, 7) is 8.29. The van der Waals surface area contributed by atoms with Gasteiger partial charge in [0.2, 0.25) is 5.91 Å². The molecule has 3 unspecified atom stereocenters. The number of amides is 1. The largest absolute Gasteiger partial charge is 0.361 e. The Morgan fingerprint density at radius 2 is 1.84 bits per heavy atom. The Kier molecular flexibility index (Phi) is 2.74. The van der Waals surface area contributed by atoms with Gasteiger partial charge in [-0.05, 0) is 44.4 Å². The summed E-state index contributed by atoms with van der Waals surface area (Å²) in [5.41, 5.74) is 5.04. The van der Waals surface area contributed by atoms with Gasteiger partial charge in [-0.25, -0.2) is 0 Å². The number of carbonyl (C=O) groups excluding carboxylic acids is 1. The van der Waals surface area contributed by atoms with Crippen molar-refractivity contribution in [3.8, 4) is 0 Å². The van der Waals surface area contributed by atoms with E-state index in [0.29, 0.717) is 0 Å². The highest BCUT2D eigenvalue weighted by Gasteiger charge is 2.73. The van der Waals surface area contributed by atoms with Crippen LogP contribution in [0.1, 0.15) is 36.1 Å². The molecule has 3 heteroatoms. The lowest BCUT2D eigenvalue weighted by Gasteiger charge is -2.58. The van der Waals surface area contributed by atoms with E-state index in [-0.39, 0.29) is 18.1 Å². The molecule has 0 aliphatic carbocycles. The molecule has 25 heavy (non-hydrogen) atoms. The van der Waals surface area contributed by atoms with Gasteiger partial charge in [-0.2, -0.15) is 0 Å². The van der Waals surface area contributed by atoms with Crippen LogP contribution < -0.4 is 4.90 Å². The number of fused-ring (bicyclic) bond motifs is 2. The number of aryl methyl sites for hydroxylation is 2. The highest BCUT2D eigenvalue weighted by Crippen LogP contribution is 2.62. The van der Waals surface area contributed by atoms with E-state index in [1.807, 2.05) is 19.9 Å². The monoisotopic (exact) mass is 333 g/mol. The molecule has 0 spiro atoms. The number of hydrogen-bond acceptors (Lipinski definition) is 2. The van der Waals surface area contributed by atoms with Gasteiger partial charge in [-0.1, -0.05) is 48.0 Å². The summed E-state index contributed by atoms with van der Waals surface area (Å²) < 4.78 is 6.57. The average molecular weight is 333 g/mol. The molecule has 3 nitrogen and oxygen atoms in total. The van der Waals surface area contributed by atoms with Crippen LogP contribution in [0, 0.1) is 19.3 Å². The van der Waals surface area contributed by atoms with Gasteiger partial charge in [0, 0.05) is 6.42 Å². The van der Waals surface area contributed by atoms with Crippen molar-refractivity contribution in [1.82, 2.24) is 0 Å². The van der Waals surface area contributed by atoms with Crippen LogP contribution in [0.3, 0.4) is 0 Å². The first-order valence-electron chi connectivity index (χ1n) is 9.03. The number of benzene rings is 2. The standard InChI is InChI=1S/C22H23NO2/c1-13-10-14(2)17-15(11-13)12-22(16-8-6-5-7-9-16)18-19(25-22)21(3,4)20(24)23(17)18/h5-11,18-19H,12H2,1-4H3. The van der Waals surface area contributed by atoms with E-state index in [9.17, 15) is 4.79 Å². The summed E-state index contributed by atoms with van der Waals surface area (Å²) in [4.78, 5) is 15.4. The maximum atomic E-state index is 13.3. The fraction of sp³-hybridized carbons (Fsp3) is 0.409. The Bertz CT molecular complexity index is 902. The Labute approximate surface area is 148 Å². The number of anilines is 1. The van der Waals surface area contributed by atoms with Crippen molar-refractivity contribution in [1.29, 1.82) is 0 Å². The zero-order chi connectivity index (χ0) is 17.6. The minimum Gasteiger partial charge on any atom is -0.361 e. The predicted octanol–water partition coefficient (Wildman–Crippen LogP) is 3.90. The third-order valence-corrected chi connectivity index (χ3v) is 6.34. The van der Waals surface area contributed by atoms with Gasteiger partial charge in [0.05, 0.1) is 23.2 Å². The highest BCUT2D eigenvalue weighted by atomic mass is 16.5. The molecular formula is C22H23NO2. The quantitative estimate of drug-likeness (QED) is 0.792. The van der Waals surface area contributed by atoms with Crippen molar-refractivity contribution in [2.75, 3.05) is 4.90 Å². The fourth-order valence-electron chi connectivity index (χ4n) is 5.24. The molecule has 2 aromatic rings. The van der Waals surface area contributed by atoms with Gasteiger partial charge in [-0.15, -0.1) is 0 Å². The molecule has 3 atom stereocenters. The molecule has 0 bridgehead atoms. The van der Waals surface area contributed by atoms with Crippen molar-refractivity contribution in [2.24, 2.45) is 5.41 Å². The number of nitrogens with zero attached hydrogens (tertiary/aromatic N) is 1. The maximum Gasteiger partial charge on any atom is 0.235 e. The first-order valence-corrected chi connectivity index (χ1v) is 9.03. The maximum absolute atomic E-state index is 13.3. The molecule has 128 valence electrons. The van der Waals surface area contributed by atoms with Gasteiger partial charge in [-0.3, -0.25) is 4.79 Å². The van der Waals surface area contributed by atoms with Crippen LogP contribution in [0.2, 0.25) is 0 Å². The van der Waals surface area contributed by atoms with Gasteiger partial charge >= 0.3 is 0 Å². The van der Waals surface area contributed by atoms with Gasteiger partial charge in [0.1, 0.15) is 5.60 Å². The molecule has 5 rings (SSSR count). The van der Waals surface area contributed by atoms with Crippen molar-refractivity contribution in [3.05, 3.63) is 64.7 Å². The molecule has 2 fully saturated rings. The van der Waals surface area contributed by atoms with Gasteiger partial charge in [0.15, 0.2) is 0 Å². The van der Waals surface area contributed by atoms with E-state index < -0.39 is 11.0 Å². The molecule has 3 aliphatic rings. The Morgan fingerprint density at radius 1 is 1.12 bits per heavy atom. The molecule has 3 heterocycles. The zero-order valence-corrected chi connectivity index (χ0v) is 15.2. The average Bonchev–Trinajstić information content (AvgIpc) is 2.72. The van der Waals surface area contributed by atoms with Crippen molar-refractivity contribution in [2.45, 2.75) is 51.9 Å². The summed E-state index contributed by atoms with van der Waals surface area (Å²) >= 11 is 0. The van der Waals surface area contributed by atoms with E-state index in [0.717, 1.165) is 12.1 Å². The third-order valence-electron chi connectivity index (χ3n) is 6.34. The van der Waals surface area contributed by atoms with Gasteiger partial charge in [0.25, 0.3) is 0 Å². The van der Waals surface area contributed by atoms with Crippen LogP contribution in [-0.2, 0) is 21.6 Å². The van der Waals surface area contributed by atoms with E-state index in [2.05, 4.69) is 55.1 Å². The number of ether oxygens (including phenoxy) is 1. The summed E-state index contributed by atoms with van der Waals surface area (Å²) in [5.74, 6) is 0.188.